The number of fused-ring (bicyclic) bond motifs is 1. The summed E-state index contributed by atoms with van der Waals surface area (Å²) in [5.74, 6) is -2.50. The molecular formula is C31H38F2N6O6S. The van der Waals surface area contributed by atoms with E-state index in [1.54, 1.807) is 20.1 Å². The smallest absolute Gasteiger partial charge is 0.436 e. The van der Waals surface area contributed by atoms with Crippen LogP contribution >= 0.6 is 0 Å². The van der Waals surface area contributed by atoms with Crippen LogP contribution in [0.15, 0.2) is 41.3 Å². The van der Waals surface area contributed by atoms with E-state index in [-0.39, 0.29) is 42.8 Å². The van der Waals surface area contributed by atoms with E-state index in [9.17, 15) is 26.8 Å². The number of carbonyl (C=O) groups is 2. The van der Waals surface area contributed by atoms with E-state index in [0.29, 0.717) is 23.9 Å². The van der Waals surface area contributed by atoms with Gasteiger partial charge in [0.1, 0.15) is 17.5 Å². The highest BCUT2D eigenvalue weighted by atomic mass is 32.2. The van der Waals surface area contributed by atoms with Gasteiger partial charge >= 0.3 is 6.09 Å². The van der Waals surface area contributed by atoms with Crippen molar-refractivity contribution >= 4 is 39.2 Å². The number of nitrogens with one attached hydrogen (secondary N) is 3. The average molecular weight is 661 g/mol. The molecule has 0 bridgehead atoms. The van der Waals surface area contributed by atoms with Crippen LogP contribution < -0.4 is 16.0 Å². The lowest BCUT2D eigenvalue weighted by molar-refractivity contribution is 0.102. The van der Waals surface area contributed by atoms with Gasteiger partial charge in [-0.05, 0) is 76.0 Å². The Kier molecular flexibility index (Phi) is 10.2. The Hall–Kier alpha value is -4.08. The fourth-order valence-electron chi connectivity index (χ4n) is 5.80. The Morgan fingerprint density at radius 2 is 1.85 bits per heavy atom. The fourth-order valence-corrected chi connectivity index (χ4v) is 7.42. The quantitative estimate of drug-likeness (QED) is 0.273. The third-order valence-corrected chi connectivity index (χ3v) is 10.0. The monoisotopic (exact) mass is 660 g/mol. The summed E-state index contributed by atoms with van der Waals surface area (Å²) < 4.78 is 66.1. The number of likely N-dealkylation sites (tertiary alicyclic amines) is 1. The molecule has 1 aromatic heterocycles. The third kappa shape index (κ3) is 7.32. The maximum atomic E-state index is 13.9. The highest BCUT2D eigenvalue weighted by Crippen LogP contribution is 2.34. The normalized spacial score (nSPS) is 17.2. The molecule has 0 radical (unpaired) electrons. The van der Waals surface area contributed by atoms with E-state index < -0.39 is 43.6 Å². The van der Waals surface area contributed by atoms with Crippen molar-refractivity contribution < 1.29 is 36.3 Å². The molecule has 1 saturated heterocycles. The van der Waals surface area contributed by atoms with Crippen LogP contribution in [0.5, 0.6) is 0 Å². The van der Waals surface area contributed by atoms with Crippen molar-refractivity contribution in [1.82, 2.24) is 14.7 Å². The van der Waals surface area contributed by atoms with Crippen molar-refractivity contribution in [3.8, 4) is 0 Å². The number of nitrogens with zero attached hydrogens (tertiary/aromatic N) is 3. The van der Waals surface area contributed by atoms with Crippen LogP contribution in [0.2, 0.25) is 0 Å². The molecule has 15 heteroatoms. The molecule has 0 aliphatic carbocycles. The summed E-state index contributed by atoms with van der Waals surface area (Å²) in [6, 6.07) is 7.49. The van der Waals surface area contributed by atoms with Gasteiger partial charge in [0.2, 0.25) is 0 Å². The van der Waals surface area contributed by atoms with Gasteiger partial charge in [-0.1, -0.05) is 6.07 Å². The minimum Gasteiger partial charge on any atom is -0.448 e. The van der Waals surface area contributed by atoms with Crippen LogP contribution in [-0.2, 0) is 32.3 Å². The predicted octanol–water partition coefficient (Wildman–Crippen LogP) is 4.27. The number of benzene rings is 2. The highest BCUT2D eigenvalue weighted by Gasteiger charge is 2.37. The molecule has 2 aliphatic heterocycles. The number of amides is 1. The van der Waals surface area contributed by atoms with Crippen LogP contribution in [0.1, 0.15) is 48.2 Å². The van der Waals surface area contributed by atoms with E-state index in [1.807, 2.05) is 19.1 Å². The zero-order valence-corrected chi connectivity index (χ0v) is 26.8. The predicted molar refractivity (Wildman–Crippen MR) is 168 cm³/mol. The number of methoxy groups -OCH3 is 1. The number of anilines is 3. The van der Waals surface area contributed by atoms with Crippen LogP contribution in [-0.4, -0.2) is 86.3 Å². The topological polar surface area (TPSA) is 144 Å². The van der Waals surface area contributed by atoms with Gasteiger partial charge in [-0.25, -0.2) is 22.0 Å². The molecule has 3 heterocycles. The van der Waals surface area contributed by atoms with Crippen molar-refractivity contribution in [2.75, 3.05) is 55.9 Å². The molecule has 46 heavy (non-hydrogen) atoms. The lowest BCUT2D eigenvalue weighted by Gasteiger charge is -2.25. The molecule has 3 N–H and O–H groups in total. The molecule has 2 aromatic carbocycles. The van der Waals surface area contributed by atoms with Gasteiger partial charge in [0.15, 0.2) is 15.7 Å². The summed E-state index contributed by atoms with van der Waals surface area (Å²) in [5, 5.41) is 12.1. The Bertz CT molecular complexity index is 1690. The van der Waals surface area contributed by atoms with Gasteiger partial charge in [0, 0.05) is 43.6 Å². The van der Waals surface area contributed by atoms with Crippen LogP contribution in [0.3, 0.4) is 0 Å². The minimum atomic E-state index is -4.24. The second-order valence-corrected chi connectivity index (χ2v) is 13.7. The molecule has 1 fully saturated rings. The zero-order valence-electron chi connectivity index (χ0n) is 25.9. The maximum absolute atomic E-state index is 13.9. The second-order valence-electron chi connectivity index (χ2n) is 11.5. The van der Waals surface area contributed by atoms with Gasteiger partial charge in [0.25, 0.3) is 5.91 Å². The highest BCUT2D eigenvalue weighted by molar-refractivity contribution is 7.92. The lowest BCUT2D eigenvalue weighted by Crippen LogP contribution is -2.36. The number of ether oxygens (including phenoxy) is 2. The first-order chi connectivity index (χ1) is 22.0. The number of halogens is 2. The first-order valence-corrected chi connectivity index (χ1v) is 16.7. The molecular weight excluding hydrogens is 622 g/mol. The van der Waals surface area contributed by atoms with Gasteiger partial charge < -0.3 is 25.4 Å². The van der Waals surface area contributed by atoms with E-state index in [1.165, 1.54) is 0 Å². The summed E-state index contributed by atoms with van der Waals surface area (Å²) in [6.07, 6.45) is 1.26. The molecule has 12 nitrogen and oxygen atoms in total. The molecule has 3 aromatic rings. The standard InChI is InChI=1S/C31H38F2N6O6S/c1-4-45-31(41)39-29-26(15-24(16-34-29)46(42,43)23-13-21(32)12-22(33)14-23)28(37-39)36-30(40)25-8-7-20(17-38-9-5-6-10-38)11-27(25)35-19(2)18-44-3/h7-8,11-14,19,24,34-35H,4-6,9-10,15-18H2,1-3H3,(H,36,37,40)/t19?,24-/m1/s1. The molecule has 0 spiro atoms. The van der Waals surface area contributed by atoms with Crippen LogP contribution in [0.25, 0.3) is 0 Å². The Morgan fingerprint density at radius 3 is 2.52 bits per heavy atom. The van der Waals surface area contributed by atoms with E-state index in [4.69, 9.17) is 9.47 Å². The molecule has 2 aliphatic rings. The van der Waals surface area contributed by atoms with E-state index in [2.05, 4.69) is 25.9 Å². The summed E-state index contributed by atoms with van der Waals surface area (Å²) in [6.45, 7) is 6.57. The number of rotatable bonds is 11. The lowest BCUT2D eigenvalue weighted by atomic mass is 10.1. The molecule has 248 valence electrons. The number of hydrogen-bond donors (Lipinski definition) is 3. The summed E-state index contributed by atoms with van der Waals surface area (Å²) in [4.78, 5) is 28.4. The molecule has 0 saturated carbocycles. The Morgan fingerprint density at radius 1 is 1.13 bits per heavy atom. The molecule has 2 atom stereocenters. The largest absolute Gasteiger partial charge is 0.448 e. The fraction of sp³-hybridized carbons (Fsp3) is 0.452. The third-order valence-electron chi connectivity index (χ3n) is 7.94. The number of carbonyl (C=O) groups excluding carboxylic acids is 2. The summed E-state index contributed by atoms with van der Waals surface area (Å²) >= 11 is 0. The van der Waals surface area contributed by atoms with Gasteiger partial charge in [-0.2, -0.15) is 0 Å². The zero-order chi connectivity index (χ0) is 33.0. The van der Waals surface area contributed by atoms with E-state index in [0.717, 1.165) is 54.9 Å². The van der Waals surface area contributed by atoms with Gasteiger partial charge in [-0.3, -0.25) is 9.69 Å². The average Bonchev–Trinajstić information content (AvgIpc) is 3.64. The first-order valence-electron chi connectivity index (χ1n) is 15.1. The number of hydrogen-bond acceptors (Lipinski definition) is 10. The van der Waals surface area contributed by atoms with Gasteiger partial charge in [-0.15, -0.1) is 9.78 Å². The van der Waals surface area contributed by atoms with Crippen LogP contribution in [0, 0.1) is 11.6 Å². The van der Waals surface area contributed by atoms with Crippen molar-refractivity contribution in [2.24, 2.45) is 0 Å². The van der Waals surface area contributed by atoms with Crippen molar-refractivity contribution in [1.29, 1.82) is 0 Å². The summed E-state index contributed by atoms with van der Waals surface area (Å²) in [5.41, 5.74) is 2.13. The second kappa shape index (κ2) is 14.1. The molecule has 1 amide bonds. The molecule has 1 unspecified atom stereocenters. The Labute approximate surface area is 266 Å². The van der Waals surface area contributed by atoms with E-state index >= 15 is 0 Å². The minimum absolute atomic E-state index is 0.0514. The SMILES string of the molecule is CCOC(=O)n1nc(NC(=O)c2ccc(CN3CCCC3)cc2NC(C)COC)c2c1NC[C@H](S(=O)(=O)c1cc(F)cc(F)c1)C2. The summed E-state index contributed by atoms with van der Waals surface area (Å²) in [7, 11) is -2.65. The molecule has 5 rings (SSSR count). The van der Waals surface area contributed by atoms with Crippen molar-refractivity contribution in [3.63, 3.8) is 0 Å². The number of aromatic nitrogens is 2. The Balaban J connectivity index is 1.47. The first kappa shape index (κ1) is 33.3. The number of sulfone groups is 1. The van der Waals surface area contributed by atoms with Gasteiger partial charge in [0.05, 0.1) is 28.9 Å². The maximum Gasteiger partial charge on any atom is 0.436 e. The van der Waals surface area contributed by atoms with Crippen LogP contribution in [0.4, 0.5) is 30.9 Å². The van der Waals surface area contributed by atoms with Crippen molar-refractivity contribution in [3.05, 3.63) is 64.7 Å². The van der Waals surface area contributed by atoms with Crippen molar-refractivity contribution in [2.45, 2.75) is 55.8 Å².